The predicted octanol–water partition coefficient (Wildman–Crippen LogP) is 1.30. The number of carbonyl (C=O) groups excluding carboxylic acids is 1. The van der Waals surface area contributed by atoms with Crippen LogP contribution in [0, 0.1) is 0 Å². The van der Waals surface area contributed by atoms with E-state index in [1.807, 2.05) is 0 Å². The Morgan fingerprint density at radius 3 is 2.89 bits per heavy atom. The Morgan fingerprint density at radius 2 is 2.22 bits per heavy atom. The molecule has 0 spiro atoms. The Kier molecular flexibility index (Phi) is 3.57. The van der Waals surface area contributed by atoms with Gasteiger partial charge in [0.1, 0.15) is 0 Å². The molecule has 3 aliphatic heterocycles. The first-order chi connectivity index (χ1) is 8.78. The van der Waals surface area contributed by atoms with Gasteiger partial charge in [0.05, 0.1) is 24.3 Å². The highest BCUT2D eigenvalue weighted by atomic mass is 16.5. The average Bonchev–Trinajstić information content (AvgIpc) is 3.01. The van der Waals surface area contributed by atoms with Crippen LogP contribution in [0.25, 0.3) is 0 Å². The van der Waals surface area contributed by atoms with Crippen molar-refractivity contribution < 1.29 is 9.53 Å². The van der Waals surface area contributed by atoms with Crippen molar-refractivity contribution in [3.8, 4) is 0 Å². The zero-order valence-electron chi connectivity index (χ0n) is 11.2. The molecule has 0 radical (unpaired) electrons. The highest BCUT2D eigenvalue weighted by Crippen LogP contribution is 2.34. The van der Waals surface area contributed by atoms with Crippen molar-refractivity contribution >= 4 is 5.91 Å². The van der Waals surface area contributed by atoms with Gasteiger partial charge in [-0.15, -0.1) is 0 Å². The molecule has 0 saturated carbocycles. The normalized spacial score (nSPS) is 40.1. The molecule has 3 aliphatic rings. The third-order valence-corrected chi connectivity index (χ3v) is 4.76. The molecule has 0 aliphatic carbocycles. The van der Waals surface area contributed by atoms with Gasteiger partial charge in [0.2, 0.25) is 5.91 Å². The van der Waals surface area contributed by atoms with Crippen molar-refractivity contribution in [3.63, 3.8) is 0 Å². The number of nitrogens with one attached hydrogen (secondary N) is 1. The molecular weight excluding hydrogens is 228 g/mol. The maximum Gasteiger partial charge on any atom is 0.237 e. The van der Waals surface area contributed by atoms with E-state index >= 15 is 0 Å². The van der Waals surface area contributed by atoms with Gasteiger partial charge >= 0.3 is 0 Å². The van der Waals surface area contributed by atoms with Gasteiger partial charge in [-0.3, -0.25) is 9.69 Å². The summed E-state index contributed by atoms with van der Waals surface area (Å²) in [6.45, 7) is 4.19. The summed E-state index contributed by atoms with van der Waals surface area (Å²) in [5.41, 5.74) is 0. The summed E-state index contributed by atoms with van der Waals surface area (Å²) < 4.78 is 5.80. The summed E-state index contributed by atoms with van der Waals surface area (Å²) >= 11 is 0. The van der Waals surface area contributed by atoms with Gasteiger partial charge < -0.3 is 10.1 Å². The standard InChI is InChI=1S/C14H24N2O2/c1-2-16-8-4-3-5-12(16)14(17)15-11-9-10-6-7-13(11)18-10/h10-13H,2-9H2,1H3,(H,15,17)/t10-,11-,12?,13+/m1/s1. The number of nitrogens with zero attached hydrogens (tertiary/aromatic N) is 1. The smallest absolute Gasteiger partial charge is 0.237 e. The first-order valence-electron chi connectivity index (χ1n) is 7.48. The van der Waals surface area contributed by atoms with E-state index in [4.69, 9.17) is 4.74 Å². The van der Waals surface area contributed by atoms with Crippen LogP contribution in [0.4, 0.5) is 0 Å². The summed E-state index contributed by atoms with van der Waals surface area (Å²) in [5, 5.41) is 3.24. The van der Waals surface area contributed by atoms with Gasteiger partial charge in [0.15, 0.2) is 0 Å². The van der Waals surface area contributed by atoms with Gasteiger partial charge in [-0.1, -0.05) is 13.3 Å². The van der Waals surface area contributed by atoms with Gasteiger partial charge in [-0.25, -0.2) is 0 Å². The molecule has 3 fully saturated rings. The molecule has 18 heavy (non-hydrogen) atoms. The fourth-order valence-corrected chi connectivity index (χ4v) is 3.74. The molecule has 4 nitrogen and oxygen atoms in total. The Bertz CT molecular complexity index is 321. The van der Waals surface area contributed by atoms with Gasteiger partial charge in [0, 0.05) is 0 Å². The van der Waals surface area contributed by atoms with Crippen molar-refractivity contribution in [2.45, 2.75) is 69.7 Å². The fraction of sp³-hybridized carbons (Fsp3) is 0.929. The molecule has 0 aromatic rings. The van der Waals surface area contributed by atoms with Gasteiger partial charge in [-0.2, -0.15) is 0 Å². The van der Waals surface area contributed by atoms with Crippen LogP contribution < -0.4 is 5.32 Å². The Hall–Kier alpha value is -0.610. The number of fused-ring (bicyclic) bond motifs is 2. The van der Waals surface area contributed by atoms with Crippen LogP contribution in [-0.2, 0) is 9.53 Å². The van der Waals surface area contributed by atoms with Crippen LogP contribution in [0.5, 0.6) is 0 Å². The first kappa shape index (κ1) is 12.4. The number of piperidine rings is 1. The molecule has 4 heteroatoms. The van der Waals surface area contributed by atoms with Crippen molar-refractivity contribution in [3.05, 3.63) is 0 Å². The molecule has 0 aromatic carbocycles. The summed E-state index contributed by atoms with van der Waals surface area (Å²) in [4.78, 5) is 14.7. The van der Waals surface area contributed by atoms with Crippen molar-refractivity contribution in [1.82, 2.24) is 10.2 Å². The van der Waals surface area contributed by atoms with Crippen molar-refractivity contribution in [2.75, 3.05) is 13.1 Å². The van der Waals surface area contributed by atoms with Crippen LogP contribution in [0.1, 0.15) is 45.4 Å². The Balaban J connectivity index is 1.57. The zero-order chi connectivity index (χ0) is 12.5. The summed E-state index contributed by atoms with van der Waals surface area (Å²) in [6, 6.07) is 0.375. The number of hydrogen-bond acceptors (Lipinski definition) is 3. The Morgan fingerprint density at radius 1 is 1.33 bits per heavy atom. The van der Waals surface area contributed by atoms with E-state index in [9.17, 15) is 4.79 Å². The molecule has 1 amide bonds. The lowest BCUT2D eigenvalue weighted by Crippen LogP contribution is -2.53. The van der Waals surface area contributed by atoms with E-state index < -0.39 is 0 Å². The molecule has 0 aromatic heterocycles. The van der Waals surface area contributed by atoms with Crippen LogP contribution in [-0.4, -0.2) is 48.2 Å². The fourth-order valence-electron chi connectivity index (χ4n) is 3.74. The quantitative estimate of drug-likeness (QED) is 0.823. The summed E-state index contributed by atoms with van der Waals surface area (Å²) in [5.74, 6) is 0.234. The monoisotopic (exact) mass is 252 g/mol. The van der Waals surface area contributed by atoms with Crippen molar-refractivity contribution in [1.29, 1.82) is 0 Å². The number of hydrogen-bond donors (Lipinski definition) is 1. The second kappa shape index (κ2) is 5.17. The zero-order valence-corrected chi connectivity index (χ0v) is 11.2. The SMILES string of the molecule is CCN1CCCCC1C(=O)N[C@@H]1C[C@H]2CC[C@@H]1O2. The topological polar surface area (TPSA) is 41.6 Å². The lowest BCUT2D eigenvalue weighted by molar-refractivity contribution is -0.128. The molecule has 3 rings (SSSR count). The second-order valence-corrected chi connectivity index (χ2v) is 5.86. The lowest BCUT2D eigenvalue weighted by Gasteiger charge is -2.35. The molecular formula is C14H24N2O2. The minimum Gasteiger partial charge on any atom is -0.373 e. The molecule has 2 bridgehead atoms. The highest BCUT2D eigenvalue weighted by molar-refractivity contribution is 5.82. The molecule has 3 heterocycles. The minimum atomic E-state index is 0.0999. The predicted molar refractivity (Wildman–Crippen MR) is 69.3 cm³/mol. The number of carbonyl (C=O) groups is 1. The van der Waals surface area contributed by atoms with Crippen LogP contribution >= 0.6 is 0 Å². The number of amides is 1. The van der Waals surface area contributed by atoms with E-state index in [0.29, 0.717) is 6.10 Å². The van der Waals surface area contributed by atoms with E-state index in [1.165, 1.54) is 19.3 Å². The van der Waals surface area contributed by atoms with E-state index in [2.05, 4.69) is 17.1 Å². The molecule has 3 saturated heterocycles. The van der Waals surface area contributed by atoms with Crippen LogP contribution in [0.2, 0.25) is 0 Å². The molecule has 4 atom stereocenters. The first-order valence-corrected chi connectivity index (χ1v) is 7.48. The largest absolute Gasteiger partial charge is 0.373 e. The number of likely N-dealkylation sites (tertiary alicyclic amines) is 1. The number of ether oxygens (including phenoxy) is 1. The summed E-state index contributed by atoms with van der Waals surface area (Å²) in [7, 11) is 0. The molecule has 1 unspecified atom stereocenters. The van der Waals surface area contributed by atoms with Crippen LogP contribution in [0.3, 0.4) is 0 Å². The van der Waals surface area contributed by atoms with Gasteiger partial charge in [-0.05, 0) is 45.2 Å². The van der Waals surface area contributed by atoms with Crippen LogP contribution in [0.15, 0.2) is 0 Å². The van der Waals surface area contributed by atoms with Gasteiger partial charge in [0.25, 0.3) is 0 Å². The molecule has 102 valence electrons. The van der Waals surface area contributed by atoms with E-state index in [-0.39, 0.29) is 24.1 Å². The minimum absolute atomic E-state index is 0.0999. The number of rotatable bonds is 3. The Labute approximate surface area is 109 Å². The number of likely N-dealkylation sites (N-methyl/N-ethyl adjacent to an activating group) is 1. The third kappa shape index (κ3) is 2.28. The molecule has 1 N–H and O–H groups in total. The maximum absolute atomic E-state index is 12.4. The summed E-state index contributed by atoms with van der Waals surface area (Å²) in [6.07, 6.45) is 7.46. The average molecular weight is 252 g/mol. The third-order valence-electron chi connectivity index (χ3n) is 4.76. The van der Waals surface area contributed by atoms with E-state index in [0.717, 1.165) is 32.4 Å². The second-order valence-electron chi connectivity index (χ2n) is 5.86. The maximum atomic E-state index is 12.4. The highest BCUT2D eigenvalue weighted by Gasteiger charge is 2.42. The van der Waals surface area contributed by atoms with Crippen molar-refractivity contribution in [2.24, 2.45) is 0 Å². The van der Waals surface area contributed by atoms with E-state index in [1.54, 1.807) is 0 Å². The lowest BCUT2D eigenvalue weighted by atomic mass is 9.94.